The van der Waals surface area contributed by atoms with E-state index in [0.717, 1.165) is 10.1 Å². The third-order valence-electron chi connectivity index (χ3n) is 3.28. The van der Waals surface area contributed by atoms with Gasteiger partial charge in [-0.3, -0.25) is 0 Å². The maximum Gasteiger partial charge on any atom is 0.363 e. The molecule has 0 saturated heterocycles. The fourth-order valence-corrected chi connectivity index (χ4v) is 4.26. The summed E-state index contributed by atoms with van der Waals surface area (Å²) in [5, 5.41) is 1.94. The first-order valence-electron chi connectivity index (χ1n) is 6.67. The Bertz CT molecular complexity index is 1050. The smallest absolute Gasteiger partial charge is 0.363 e. The summed E-state index contributed by atoms with van der Waals surface area (Å²) in [5.41, 5.74) is 0.151. The summed E-state index contributed by atoms with van der Waals surface area (Å²) in [4.78, 5) is 16.9. The number of esters is 1. The van der Waals surface area contributed by atoms with Crippen molar-refractivity contribution >= 4 is 78.5 Å². The Morgan fingerprint density at radius 3 is 2.79 bits per heavy atom. The number of hydrogen-bond acceptors (Lipinski definition) is 5. The van der Waals surface area contributed by atoms with Gasteiger partial charge in [-0.1, -0.05) is 29.3 Å². The minimum Gasteiger partial charge on any atom is -0.450 e. The number of benzene rings is 1. The molecule has 120 valence electrons. The molecule has 0 unspecified atom stereocenters. The van der Waals surface area contributed by atoms with Gasteiger partial charge in [-0.05, 0) is 40.2 Å². The summed E-state index contributed by atoms with van der Waals surface area (Å²) in [7, 11) is 0. The zero-order valence-electron chi connectivity index (χ0n) is 11.7. The standard InChI is InChI=1S/C16H6BrCl2NO3S/c17-12-4-2-8(22-12)6-10-16(21)23-15(20-10)14-13(19)9-3-1-7(18)5-11(9)24-14/h1-6H/b10-6+. The second-order valence-corrected chi connectivity index (χ2v) is 7.51. The predicted molar refractivity (Wildman–Crippen MR) is 98.9 cm³/mol. The normalized spacial score (nSPS) is 16.0. The van der Waals surface area contributed by atoms with Gasteiger partial charge in [-0.15, -0.1) is 11.3 Å². The molecule has 3 aromatic rings. The molecule has 0 fully saturated rings. The van der Waals surface area contributed by atoms with Crippen LogP contribution in [0.3, 0.4) is 0 Å². The SMILES string of the molecule is O=C1OC(c2sc3cc(Cl)ccc3c2Cl)=N/C1=C/c1ccc(Br)o1. The molecule has 24 heavy (non-hydrogen) atoms. The van der Waals surface area contributed by atoms with Gasteiger partial charge in [0.2, 0.25) is 5.90 Å². The molecule has 8 heteroatoms. The fourth-order valence-electron chi connectivity index (χ4n) is 2.22. The van der Waals surface area contributed by atoms with Gasteiger partial charge in [-0.25, -0.2) is 9.79 Å². The van der Waals surface area contributed by atoms with Gasteiger partial charge in [-0.2, -0.15) is 0 Å². The molecule has 0 saturated carbocycles. The molecule has 0 amide bonds. The van der Waals surface area contributed by atoms with Crippen LogP contribution in [0.15, 0.2) is 50.1 Å². The highest BCUT2D eigenvalue weighted by Crippen LogP contribution is 2.38. The number of cyclic esters (lactones) is 1. The minimum atomic E-state index is -0.552. The van der Waals surface area contributed by atoms with E-state index >= 15 is 0 Å². The lowest BCUT2D eigenvalue weighted by Gasteiger charge is -1.95. The Hall–Kier alpha value is -1.60. The van der Waals surface area contributed by atoms with Crippen molar-refractivity contribution in [3.63, 3.8) is 0 Å². The molecule has 3 heterocycles. The number of rotatable bonds is 2. The summed E-state index contributed by atoms with van der Waals surface area (Å²) in [6.45, 7) is 0. The van der Waals surface area contributed by atoms with Crippen molar-refractivity contribution in [1.29, 1.82) is 0 Å². The minimum absolute atomic E-state index is 0.151. The summed E-state index contributed by atoms with van der Waals surface area (Å²) in [6.07, 6.45) is 1.51. The van der Waals surface area contributed by atoms with Crippen LogP contribution in [-0.4, -0.2) is 11.9 Å². The van der Waals surface area contributed by atoms with Gasteiger partial charge in [0.05, 0.1) is 5.02 Å². The lowest BCUT2D eigenvalue weighted by Crippen LogP contribution is -2.04. The number of halogens is 3. The Morgan fingerprint density at radius 2 is 2.04 bits per heavy atom. The van der Waals surface area contributed by atoms with Crippen LogP contribution in [0.5, 0.6) is 0 Å². The van der Waals surface area contributed by atoms with Crippen LogP contribution < -0.4 is 0 Å². The molecule has 2 aromatic heterocycles. The number of fused-ring (bicyclic) bond motifs is 1. The number of carbonyl (C=O) groups is 1. The largest absolute Gasteiger partial charge is 0.450 e. The van der Waals surface area contributed by atoms with Gasteiger partial charge in [0.25, 0.3) is 0 Å². The summed E-state index contributed by atoms with van der Waals surface area (Å²) in [5.74, 6) is 0.122. The van der Waals surface area contributed by atoms with E-state index in [9.17, 15) is 4.79 Å². The average Bonchev–Trinajstić information content (AvgIpc) is 3.19. The Kier molecular flexibility index (Phi) is 4.00. The topological polar surface area (TPSA) is 51.8 Å². The molecular weight excluding hydrogens is 437 g/mol. The van der Waals surface area contributed by atoms with Crippen molar-refractivity contribution in [3.8, 4) is 0 Å². The highest BCUT2D eigenvalue weighted by Gasteiger charge is 2.28. The van der Waals surface area contributed by atoms with E-state index in [-0.39, 0.29) is 11.6 Å². The van der Waals surface area contributed by atoms with Gasteiger partial charge in [0.15, 0.2) is 10.4 Å². The van der Waals surface area contributed by atoms with Crippen molar-refractivity contribution < 1.29 is 13.9 Å². The van der Waals surface area contributed by atoms with Crippen LogP contribution in [0.2, 0.25) is 10.0 Å². The van der Waals surface area contributed by atoms with Gasteiger partial charge >= 0.3 is 5.97 Å². The molecule has 0 spiro atoms. The quantitative estimate of drug-likeness (QED) is 0.366. The molecule has 0 aliphatic carbocycles. The molecule has 1 aliphatic rings. The molecule has 4 nitrogen and oxygen atoms in total. The monoisotopic (exact) mass is 441 g/mol. The van der Waals surface area contributed by atoms with E-state index in [1.165, 1.54) is 17.4 Å². The number of thiophene rings is 1. The van der Waals surface area contributed by atoms with Crippen molar-refractivity contribution in [2.45, 2.75) is 0 Å². The van der Waals surface area contributed by atoms with Crippen molar-refractivity contribution in [2.24, 2.45) is 4.99 Å². The maximum atomic E-state index is 12.0. The summed E-state index contributed by atoms with van der Waals surface area (Å²) < 4.78 is 12.1. The first-order chi connectivity index (χ1) is 11.5. The molecule has 0 N–H and O–H groups in total. The van der Waals surface area contributed by atoms with Crippen molar-refractivity contribution in [3.05, 3.63) is 61.4 Å². The first-order valence-corrected chi connectivity index (χ1v) is 9.03. The van der Waals surface area contributed by atoms with Crippen LogP contribution in [0.25, 0.3) is 16.2 Å². The van der Waals surface area contributed by atoms with E-state index < -0.39 is 5.97 Å². The summed E-state index contributed by atoms with van der Waals surface area (Å²) >= 11 is 17.0. The number of ether oxygens (including phenoxy) is 1. The van der Waals surface area contributed by atoms with E-state index in [0.29, 0.717) is 25.4 Å². The summed E-state index contributed by atoms with van der Waals surface area (Å²) in [6, 6.07) is 8.84. The number of aliphatic imine (C=N–C) groups is 1. The number of hydrogen-bond donors (Lipinski definition) is 0. The zero-order chi connectivity index (χ0) is 16.8. The van der Waals surface area contributed by atoms with Crippen molar-refractivity contribution in [2.75, 3.05) is 0 Å². The highest BCUT2D eigenvalue weighted by molar-refractivity contribution is 9.10. The van der Waals surface area contributed by atoms with Gasteiger partial charge in [0, 0.05) is 21.2 Å². The third kappa shape index (κ3) is 2.80. The fraction of sp³-hybridized carbons (Fsp3) is 0. The van der Waals surface area contributed by atoms with Crippen LogP contribution in [-0.2, 0) is 9.53 Å². The molecule has 0 radical (unpaired) electrons. The predicted octanol–water partition coefficient (Wildman–Crippen LogP) is 5.91. The van der Waals surface area contributed by atoms with E-state index in [1.807, 2.05) is 12.1 Å². The molecule has 0 bridgehead atoms. The Morgan fingerprint density at radius 1 is 1.21 bits per heavy atom. The van der Waals surface area contributed by atoms with Crippen LogP contribution >= 0.6 is 50.5 Å². The second kappa shape index (κ2) is 6.04. The third-order valence-corrected chi connectivity index (χ3v) is 5.59. The Balaban J connectivity index is 1.77. The van der Waals surface area contributed by atoms with E-state index in [4.69, 9.17) is 32.4 Å². The number of carbonyl (C=O) groups excluding carboxylic acids is 1. The number of nitrogens with zero attached hydrogens (tertiary/aromatic N) is 1. The van der Waals surface area contributed by atoms with E-state index in [2.05, 4.69) is 20.9 Å². The maximum absolute atomic E-state index is 12.0. The number of furan rings is 1. The Labute approximate surface area is 158 Å². The first kappa shape index (κ1) is 15.9. The van der Waals surface area contributed by atoms with Gasteiger partial charge in [0.1, 0.15) is 10.6 Å². The molecule has 4 rings (SSSR count). The molecule has 1 aliphatic heterocycles. The lowest BCUT2D eigenvalue weighted by atomic mass is 10.2. The van der Waals surface area contributed by atoms with E-state index in [1.54, 1.807) is 18.2 Å². The lowest BCUT2D eigenvalue weighted by molar-refractivity contribution is -0.129. The average molecular weight is 443 g/mol. The van der Waals surface area contributed by atoms with Crippen LogP contribution in [0.4, 0.5) is 0 Å². The van der Waals surface area contributed by atoms with Crippen LogP contribution in [0.1, 0.15) is 10.6 Å². The van der Waals surface area contributed by atoms with Crippen molar-refractivity contribution in [1.82, 2.24) is 0 Å². The molecule has 0 atom stereocenters. The molecule has 1 aromatic carbocycles. The van der Waals surface area contributed by atoms with Crippen LogP contribution in [0, 0.1) is 0 Å². The zero-order valence-corrected chi connectivity index (χ0v) is 15.6. The molecular formula is C16H6BrCl2NO3S. The van der Waals surface area contributed by atoms with Gasteiger partial charge < -0.3 is 9.15 Å². The second-order valence-electron chi connectivity index (χ2n) is 4.86. The highest BCUT2D eigenvalue weighted by atomic mass is 79.9.